The molecule has 1 saturated heterocycles. The summed E-state index contributed by atoms with van der Waals surface area (Å²) >= 11 is 0. The standard InChI is InChI=1S/C22H26F2N8O2.C2HF3O2/c1-21(2,33)11-31-10-14(9-26-31)30-6-4-5-22(24,12-30)19-28-18-15-7-13(23)8-16(34-3)17(15)27-20(25)32(18)29-19;3-2(4,5)1(6)7/h7-10,33H,4-6,11-12H2,1-3H3,(H2,25,27);(H,6,7)/t22-;/m0./s1. The number of alkyl halides is 4. The zero-order chi connectivity index (χ0) is 30.3. The van der Waals surface area contributed by atoms with Gasteiger partial charge in [0, 0.05) is 18.8 Å². The number of carbonyl (C=O) groups is 1. The minimum absolute atomic E-state index is 0.00433. The van der Waals surface area contributed by atoms with Crippen LogP contribution in [-0.2, 0) is 17.0 Å². The van der Waals surface area contributed by atoms with E-state index in [9.17, 15) is 22.7 Å². The number of halogens is 5. The third-order valence-corrected chi connectivity index (χ3v) is 6.17. The van der Waals surface area contributed by atoms with Gasteiger partial charge in [-0.3, -0.25) is 4.68 Å². The summed E-state index contributed by atoms with van der Waals surface area (Å²) in [5.41, 5.74) is 4.57. The summed E-state index contributed by atoms with van der Waals surface area (Å²) in [6.45, 7) is 4.36. The van der Waals surface area contributed by atoms with Gasteiger partial charge >= 0.3 is 12.1 Å². The number of hydrogen-bond acceptors (Lipinski definition) is 9. The van der Waals surface area contributed by atoms with Crippen molar-refractivity contribution in [2.24, 2.45) is 0 Å². The lowest BCUT2D eigenvalue weighted by Gasteiger charge is -2.36. The number of carboxylic acids is 1. The third-order valence-electron chi connectivity index (χ3n) is 6.17. The molecule has 3 aromatic heterocycles. The monoisotopic (exact) mass is 586 g/mol. The van der Waals surface area contributed by atoms with E-state index in [1.165, 1.54) is 23.8 Å². The average molecular weight is 587 g/mol. The number of rotatable bonds is 5. The molecule has 0 radical (unpaired) electrons. The number of nitrogens with zero attached hydrogens (tertiary/aromatic N) is 7. The maximum Gasteiger partial charge on any atom is 0.490 e. The molecule has 1 aliphatic rings. The number of benzene rings is 1. The molecule has 1 aromatic carbocycles. The smallest absolute Gasteiger partial charge is 0.490 e. The summed E-state index contributed by atoms with van der Waals surface area (Å²) in [4.78, 5) is 19.5. The van der Waals surface area contributed by atoms with Crippen molar-refractivity contribution in [3.63, 3.8) is 0 Å². The van der Waals surface area contributed by atoms with Gasteiger partial charge in [0.2, 0.25) is 5.95 Å². The van der Waals surface area contributed by atoms with Crippen molar-refractivity contribution in [2.75, 3.05) is 30.8 Å². The highest BCUT2D eigenvalue weighted by atomic mass is 19.4. The third kappa shape index (κ3) is 6.39. The minimum Gasteiger partial charge on any atom is -0.494 e. The van der Waals surface area contributed by atoms with E-state index < -0.39 is 29.2 Å². The molecule has 12 nitrogen and oxygen atoms in total. The molecule has 1 fully saturated rings. The first kappa shape index (κ1) is 29.7. The van der Waals surface area contributed by atoms with Gasteiger partial charge in [0.15, 0.2) is 17.1 Å². The molecule has 1 aliphatic heterocycles. The van der Waals surface area contributed by atoms with Crippen molar-refractivity contribution in [1.29, 1.82) is 0 Å². The number of aliphatic hydroxyl groups is 1. The van der Waals surface area contributed by atoms with E-state index in [0.717, 1.165) is 5.69 Å². The fourth-order valence-corrected chi connectivity index (χ4v) is 4.43. The number of nitrogens with two attached hydrogens (primary N) is 1. The largest absolute Gasteiger partial charge is 0.494 e. The Labute approximate surface area is 229 Å². The lowest BCUT2D eigenvalue weighted by Crippen LogP contribution is -2.44. The predicted octanol–water partition coefficient (Wildman–Crippen LogP) is 3.07. The van der Waals surface area contributed by atoms with Crippen LogP contribution in [0, 0.1) is 5.82 Å². The Morgan fingerprint density at radius 1 is 1.24 bits per heavy atom. The molecule has 4 heterocycles. The summed E-state index contributed by atoms with van der Waals surface area (Å²) in [5, 5.41) is 26.1. The molecule has 0 unspecified atom stereocenters. The van der Waals surface area contributed by atoms with Gasteiger partial charge in [-0.15, -0.1) is 5.10 Å². The van der Waals surface area contributed by atoms with E-state index in [1.54, 1.807) is 30.9 Å². The maximum absolute atomic E-state index is 16.3. The van der Waals surface area contributed by atoms with E-state index in [4.69, 9.17) is 20.4 Å². The van der Waals surface area contributed by atoms with Crippen molar-refractivity contribution in [2.45, 2.75) is 50.7 Å². The fourth-order valence-electron chi connectivity index (χ4n) is 4.43. The van der Waals surface area contributed by atoms with Gasteiger partial charge in [-0.25, -0.2) is 23.5 Å². The molecule has 4 aromatic rings. The lowest BCUT2D eigenvalue weighted by molar-refractivity contribution is -0.192. The number of hydrogen-bond donors (Lipinski definition) is 3. The lowest BCUT2D eigenvalue weighted by atomic mass is 9.93. The second kappa shape index (κ2) is 10.6. The van der Waals surface area contributed by atoms with Gasteiger partial charge in [-0.2, -0.15) is 22.8 Å². The van der Waals surface area contributed by atoms with Crippen LogP contribution in [0.3, 0.4) is 0 Å². The topological polar surface area (TPSA) is 157 Å². The average Bonchev–Trinajstić information content (AvgIpc) is 3.52. The van der Waals surface area contributed by atoms with Gasteiger partial charge in [-0.1, -0.05) is 0 Å². The Bertz CT molecular complexity index is 1580. The minimum atomic E-state index is -5.08. The molecule has 5 rings (SSSR count). The predicted molar refractivity (Wildman–Crippen MR) is 136 cm³/mol. The van der Waals surface area contributed by atoms with Gasteiger partial charge in [-0.05, 0) is 32.8 Å². The van der Waals surface area contributed by atoms with E-state index >= 15 is 4.39 Å². The van der Waals surface area contributed by atoms with Crippen molar-refractivity contribution in [3.8, 4) is 5.75 Å². The van der Waals surface area contributed by atoms with Crippen LogP contribution < -0.4 is 15.4 Å². The molecule has 0 aliphatic carbocycles. The van der Waals surface area contributed by atoms with Crippen LogP contribution in [0.4, 0.5) is 33.6 Å². The zero-order valence-corrected chi connectivity index (χ0v) is 22.2. The van der Waals surface area contributed by atoms with E-state index in [2.05, 4.69) is 20.2 Å². The number of aromatic nitrogens is 6. The van der Waals surface area contributed by atoms with Gasteiger partial charge in [0.05, 0.1) is 43.1 Å². The van der Waals surface area contributed by atoms with Crippen molar-refractivity contribution in [3.05, 3.63) is 36.2 Å². The second-order valence-electron chi connectivity index (χ2n) is 10.1. The second-order valence-corrected chi connectivity index (χ2v) is 10.1. The molecule has 17 heteroatoms. The molecule has 41 heavy (non-hydrogen) atoms. The summed E-state index contributed by atoms with van der Waals surface area (Å²) < 4.78 is 70.3. The number of methoxy groups -OCH3 is 1. The molecule has 0 amide bonds. The molecule has 0 spiro atoms. The molecule has 4 N–H and O–H groups in total. The highest BCUT2D eigenvalue weighted by Gasteiger charge is 2.42. The van der Waals surface area contributed by atoms with Crippen molar-refractivity contribution in [1.82, 2.24) is 29.4 Å². The van der Waals surface area contributed by atoms with Gasteiger partial charge in [0.1, 0.15) is 17.1 Å². The van der Waals surface area contributed by atoms with Crippen LogP contribution in [-0.4, -0.2) is 77.5 Å². The summed E-state index contributed by atoms with van der Waals surface area (Å²) in [6.07, 6.45) is -0.856. The number of aliphatic carboxylic acids is 1. The van der Waals surface area contributed by atoms with Gasteiger partial charge < -0.3 is 25.6 Å². The van der Waals surface area contributed by atoms with Crippen molar-refractivity contribution < 1.29 is 41.7 Å². The molecule has 222 valence electrons. The number of anilines is 2. The van der Waals surface area contributed by atoms with E-state index in [0.29, 0.717) is 30.4 Å². The molecule has 0 saturated carbocycles. The quantitative estimate of drug-likeness (QED) is 0.297. The number of nitrogen functional groups attached to an aromatic ring is 1. The normalized spacial score (nSPS) is 17.9. The van der Waals surface area contributed by atoms with E-state index in [-0.39, 0.29) is 36.1 Å². The highest BCUT2D eigenvalue weighted by molar-refractivity contribution is 5.96. The SMILES string of the molecule is COc1cc(F)cc2c1nc(N)n1nc([C@]3(F)CCCN(c4cnn(CC(C)(C)O)c4)C3)nc21.O=C(O)C(F)(F)F. The van der Waals surface area contributed by atoms with Crippen LogP contribution in [0.15, 0.2) is 24.5 Å². The molecule has 0 bridgehead atoms. The van der Waals surface area contributed by atoms with Crippen molar-refractivity contribution >= 4 is 34.2 Å². The van der Waals surface area contributed by atoms with E-state index in [1.807, 2.05) is 4.90 Å². The fraction of sp³-hybridized carbons (Fsp3) is 0.458. The Kier molecular flexibility index (Phi) is 7.68. The first-order valence-corrected chi connectivity index (χ1v) is 12.2. The van der Waals surface area contributed by atoms with Crippen LogP contribution in [0.2, 0.25) is 0 Å². The Morgan fingerprint density at radius 2 is 1.93 bits per heavy atom. The number of carboxylic acid groups (broad SMARTS) is 1. The number of ether oxygens (including phenoxy) is 1. The summed E-state index contributed by atoms with van der Waals surface area (Å²) in [6, 6.07) is 2.46. The first-order chi connectivity index (χ1) is 19.0. The van der Waals surface area contributed by atoms with Gasteiger partial charge in [0.25, 0.3) is 0 Å². The number of piperidine rings is 1. The highest BCUT2D eigenvalue weighted by Crippen LogP contribution is 2.37. The van der Waals surface area contributed by atoms with Crippen LogP contribution in [0.5, 0.6) is 5.75 Å². The van der Waals surface area contributed by atoms with Crippen LogP contribution in [0.1, 0.15) is 32.5 Å². The summed E-state index contributed by atoms with van der Waals surface area (Å²) in [7, 11) is 1.41. The van der Waals surface area contributed by atoms with Crippen LogP contribution in [0.25, 0.3) is 16.6 Å². The molecule has 1 atom stereocenters. The Hall–Kier alpha value is -4.28. The van der Waals surface area contributed by atoms with Crippen LogP contribution >= 0.6 is 0 Å². The number of fused-ring (bicyclic) bond motifs is 3. The zero-order valence-electron chi connectivity index (χ0n) is 22.2. The Morgan fingerprint density at radius 3 is 2.54 bits per heavy atom. The first-order valence-electron chi connectivity index (χ1n) is 12.2. The molecular weight excluding hydrogens is 559 g/mol. The maximum atomic E-state index is 16.3. The molecular formula is C24H27F5N8O4. The summed E-state index contributed by atoms with van der Waals surface area (Å²) in [5.74, 6) is -3.13. The Balaban J connectivity index is 0.000000493.